The zero-order chi connectivity index (χ0) is 13.1. The molecular weight excluding hydrogens is 358 g/mol. The fourth-order valence-corrected chi connectivity index (χ4v) is 2.37. The van der Waals surface area contributed by atoms with Gasteiger partial charge in [-0.15, -0.1) is 0 Å². The van der Waals surface area contributed by atoms with Crippen LogP contribution in [0.1, 0.15) is 19.4 Å². The normalized spacial score (nSPS) is 11.2. The Morgan fingerprint density at radius 3 is 2.67 bits per heavy atom. The third-order valence-electron chi connectivity index (χ3n) is 2.55. The van der Waals surface area contributed by atoms with Gasteiger partial charge in [-0.3, -0.25) is 0 Å². The Morgan fingerprint density at radius 2 is 2.11 bits per heavy atom. The molecule has 0 saturated carbocycles. The van der Waals surface area contributed by atoms with Crippen molar-refractivity contribution in [3.8, 4) is 5.69 Å². The second kappa shape index (κ2) is 5.99. The van der Waals surface area contributed by atoms with E-state index in [9.17, 15) is 0 Å². The topological polar surface area (TPSA) is 29.9 Å². The van der Waals surface area contributed by atoms with Crippen molar-refractivity contribution in [2.24, 2.45) is 0 Å². The van der Waals surface area contributed by atoms with Gasteiger partial charge in [0.15, 0.2) is 0 Å². The third kappa shape index (κ3) is 3.43. The highest BCUT2D eigenvalue weighted by atomic mass is 79.9. The molecule has 18 heavy (non-hydrogen) atoms. The first-order valence-corrected chi connectivity index (χ1v) is 7.37. The molecule has 0 unspecified atom stereocenters. The first-order valence-electron chi connectivity index (χ1n) is 5.78. The van der Waals surface area contributed by atoms with Gasteiger partial charge in [-0.05, 0) is 33.6 Å². The summed E-state index contributed by atoms with van der Waals surface area (Å²) in [6.45, 7) is 5.15. The van der Waals surface area contributed by atoms with Crippen molar-refractivity contribution in [1.82, 2.24) is 15.1 Å². The van der Waals surface area contributed by atoms with Crippen LogP contribution >= 0.6 is 31.9 Å². The quantitative estimate of drug-likeness (QED) is 0.882. The van der Waals surface area contributed by atoms with Crippen LogP contribution in [-0.4, -0.2) is 15.8 Å². The number of benzene rings is 1. The Labute approximate surface area is 124 Å². The van der Waals surface area contributed by atoms with Crippen LogP contribution in [0, 0.1) is 0 Å². The van der Waals surface area contributed by atoms with E-state index in [1.807, 2.05) is 10.9 Å². The van der Waals surface area contributed by atoms with Gasteiger partial charge >= 0.3 is 0 Å². The largest absolute Gasteiger partial charge is 0.310 e. The highest BCUT2D eigenvalue weighted by molar-refractivity contribution is 9.10. The number of nitrogens with zero attached hydrogens (tertiary/aromatic N) is 2. The molecule has 0 spiro atoms. The van der Waals surface area contributed by atoms with E-state index < -0.39 is 0 Å². The highest BCUT2D eigenvalue weighted by Gasteiger charge is 2.04. The predicted molar refractivity (Wildman–Crippen MR) is 80.9 cm³/mol. The number of rotatable bonds is 4. The Morgan fingerprint density at radius 1 is 1.33 bits per heavy atom. The lowest BCUT2D eigenvalue weighted by molar-refractivity contribution is 0.588. The standard InChI is InChI=1S/C13H15Br2N3/c1-9(2)16-6-10-3-4-12(5-13(10)15)18-8-11(14)7-17-18/h3-5,7-9,16H,6H2,1-2H3. The van der Waals surface area contributed by atoms with Crippen LogP contribution in [0.15, 0.2) is 39.5 Å². The van der Waals surface area contributed by atoms with Crippen molar-refractivity contribution in [2.75, 3.05) is 0 Å². The zero-order valence-corrected chi connectivity index (χ0v) is 13.5. The SMILES string of the molecule is CC(C)NCc1ccc(-n2cc(Br)cn2)cc1Br. The summed E-state index contributed by atoms with van der Waals surface area (Å²) in [7, 11) is 0. The molecule has 1 aromatic heterocycles. The minimum absolute atomic E-state index is 0.485. The van der Waals surface area contributed by atoms with E-state index in [0.29, 0.717) is 6.04 Å². The summed E-state index contributed by atoms with van der Waals surface area (Å²) in [5.74, 6) is 0. The van der Waals surface area contributed by atoms with Crippen molar-refractivity contribution < 1.29 is 0 Å². The van der Waals surface area contributed by atoms with E-state index in [4.69, 9.17) is 0 Å². The van der Waals surface area contributed by atoms with Crippen molar-refractivity contribution in [2.45, 2.75) is 26.4 Å². The molecule has 0 saturated heterocycles. The fourth-order valence-electron chi connectivity index (χ4n) is 1.58. The van der Waals surface area contributed by atoms with Gasteiger partial charge in [0, 0.05) is 23.3 Å². The van der Waals surface area contributed by atoms with Gasteiger partial charge in [0.25, 0.3) is 0 Å². The predicted octanol–water partition coefficient (Wildman–Crippen LogP) is 3.90. The van der Waals surface area contributed by atoms with Gasteiger partial charge in [0.05, 0.1) is 16.4 Å². The minimum Gasteiger partial charge on any atom is -0.310 e. The molecule has 2 rings (SSSR count). The van der Waals surface area contributed by atoms with Gasteiger partial charge in [0.1, 0.15) is 0 Å². The summed E-state index contributed by atoms with van der Waals surface area (Å²) in [6, 6.07) is 6.75. The number of hydrogen-bond acceptors (Lipinski definition) is 2. The Kier molecular flexibility index (Phi) is 4.59. The Hall–Kier alpha value is -0.650. The molecule has 1 N–H and O–H groups in total. The molecule has 0 aliphatic rings. The van der Waals surface area contributed by atoms with Crippen LogP contribution in [0.3, 0.4) is 0 Å². The lowest BCUT2D eigenvalue weighted by Gasteiger charge is -2.11. The molecular formula is C13H15Br2N3. The number of nitrogens with one attached hydrogen (secondary N) is 1. The molecule has 2 aromatic rings. The first-order chi connectivity index (χ1) is 8.56. The van der Waals surface area contributed by atoms with E-state index >= 15 is 0 Å². The molecule has 0 fully saturated rings. The molecule has 1 heterocycles. The maximum Gasteiger partial charge on any atom is 0.0657 e. The average molecular weight is 373 g/mol. The molecule has 0 amide bonds. The maximum absolute atomic E-state index is 4.26. The molecule has 0 atom stereocenters. The molecule has 0 radical (unpaired) electrons. The van der Waals surface area contributed by atoms with Gasteiger partial charge in [-0.1, -0.05) is 35.8 Å². The van der Waals surface area contributed by atoms with Crippen molar-refractivity contribution in [1.29, 1.82) is 0 Å². The van der Waals surface area contributed by atoms with Crippen LogP contribution in [0.5, 0.6) is 0 Å². The van der Waals surface area contributed by atoms with E-state index in [2.05, 4.69) is 74.3 Å². The number of halogens is 2. The van der Waals surface area contributed by atoms with Gasteiger partial charge in [-0.25, -0.2) is 4.68 Å². The Balaban J connectivity index is 2.19. The Bertz CT molecular complexity index is 535. The van der Waals surface area contributed by atoms with Crippen LogP contribution in [-0.2, 0) is 6.54 Å². The minimum atomic E-state index is 0.485. The summed E-state index contributed by atoms with van der Waals surface area (Å²) < 4.78 is 3.91. The summed E-state index contributed by atoms with van der Waals surface area (Å²) in [5, 5.41) is 7.67. The van der Waals surface area contributed by atoms with Crippen molar-refractivity contribution in [3.63, 3.8) is 0 Å². The summed E-state index contributed by atoms with van der Waals surface area (Å²) in [4.78, 5) is 0. The monoisotopic (exact) mass is 371 g/mol. The maximum atomic E-state index is 4.26. The smallest absolute Gasteiger partial charge is 0.0657 e. The second-order valence-electron chi connectivity index (χ2n) is 4.41. The zero-order valence-electron chi connectivity index (χ0n) is 10.3. The molecule has 96 valence electrons. The molecule has 0 bridgehead atoms. The van der Waals surface area contributed by atoms with Gasteiger partial charge in [0.2, 0.25) is 0 Å². The second-order valence-corrected chi connectivity index (χ2v) is 6.18. The molecule has 1 aromatic carbocycles. The molecule has 0 aliphatic heterocycles. The summed E-state index contributed by atoms with van der Waals surface area (Å²) in [6.07, 6.45) is 3.72. The van der Waals surface area contributed by atoms with E-state index in [1.54, 1.807) is 6.20 Å². The molecule has 5 heteroatoms. The van der Waals surface area contributed by atoms with Crippen molar-refractivity contribution in [3.05, 3.63) is 45.1 Å². The summed E-state index contributed by atoms with van der Waals surface area (Å²) >= 11 is 7.01. The average Bonchev–Trinajstić information content (AvgIpc) is 2.74. The molecule has 0 aliphatic carbocycles. The van der Waals surface area contributed by atoms with Crippen molar-refractivity contribution >= 4 is 31.9 Å². The van der Waals surface area contributed by atoms with Gasteiger partial charge < -0.3 is 5.32 Å². The summed E-state index contributed by atoms with van der Waals surface area (Å²) in [5.41, 5.74) is 2.29. The van der Waals surface area contributed by atoms with Crippen LogP contribution in [0.25, 0.3) is 5.69 Å². The third-order valence-corrected chi connectivity index (χ3v) is 3.70. The van der Waals surface area contributed by atoms with Gasteiger partial charge in [-0.2, -0.15) is 5.10 Å². The van der Waals surface area contributed by atoms with E-state index in [1.165, 1.54) is 5.56 Å². The number of aromatic nitrogens is 2. The highest BCUT2D eigenvalue weighted by Crippen LogP contribution is 2.21. The number of hydrogen-bond donors (Lipinski definition) is 1. The van der Waals surface area contributed by atoms with E-state index in [0.717, 1.165) is 21.2 Å². The van der Waals surface area contributed by atoms with Crippen LogP contribution < -0.4 is 5.32 Å². The van der Waals surface area contributed by atoms with Crippen LogP contribution in [0.2, 0.25) is 0 Å². The first kappa shape index (κ1) is 13.8. The lowest BCUT2D eigenvalue weighted by atomic mass is 10.2. The van der Waals surface area contributed by atoms with Crippen LogP contribution in [0.4, 0.5) is 0 Å². The lowest BCUT2D eigenvalue weighted by Crippen LogP contribution is -2.22. The fraction of sp³-hybridized carbons (Fsp3) is 0.308. The van der Waals surface area contributed by atoms with E-state index in [-0.39, 0.29) is 0 Å². The molecule has 3 nitrogen and oxygen atoms in total.